The van der Waals surface area contributed by atoms with Gasteiger partial charge in [0.15, 0.2) is 0 Å². The molecule has 1 atom stereocenters. The summed E-state index contributed by atoms with van der Waals surface area (Å²) < 4.78 is 0. The molecule has 0 bridgehead atoms. The highest BCUT2D eigenvalue weighted by Crippen LogP contribution is 2.30. The Morgan fingerprint density at radius 1 is 0.882 bits per heavy atom. The third-order valence-corrected chi connectivity index (χ3v) is 3.81. The van der Waals surface area contributed by atoms with E-state index in [1.165, 1.54) is 57.8 Å². The van der Waals surface area contributed by atoms with Crippen LogP contribution in [-0.4, -0.2) is 0 Å². The lowest BCUT2D eigenvalue weighted by atomic mass is 9.80. The number of rotatable bonds is 4. The fourth-order valence-electron chi connectivity index (χ4n) is 2.39. The van der Waals surface area contributed by atoms with Gasteiger partial charge in [-0.25, -0.2) is 0 Å². The number of hydrogen-bond acceptors (Lipinski definition) is 0. The van der Waals surface area contributed by atoms with Crippen molar-refractivity contribution in [3.8, 4) is 0 Å². The lowest BCUT2D eigenvalue weighted by molar-refractivity contribution is 0.258. The molecule has 1 aliphatic rings. The minimum Gasteiger partial charge on any atom is -0.0683 e. The van der Waals surface area contributed by atoms with Crippen molar-refractivity contribution < 1.29 is 0 Å². The molecule has 0 N–H and O–H groups in total. The Morgan fingerprint density at radius 3 is 1.65 bits per heavy atom. The van der Waals surface area contributed by atoms with Gasteiger partial charge in [-0.05, 0) is 11.8 Å². The molecule has 0 aromatic rings. The third kappa shape index (κ3) is 12.2. The Labute approximate surface area is 112 Å². The molecule has 17 heavy (non-hydrogen) atoms. The van der Waals surface area contributed by atoms with Crippen LogP contribution in [0, 0.1) is 11.8 Å². The summed E-state index contributed by atoms with van der Waals surface area (Å²) in [4.78, 5) is 0. The smallest absolute Gasteiger partial charge is 0.0389 e. The number of unbranched alkanes of at least 4 members (excludes halogenated alkanes) is 2. The zero-order chi connectivity index (χ0) is 13.5. The lowest BCUT2D eigenvalue weighted by Gasteiger charge is -2.26. The first kappa shape index (κ1) is 19.3. The van der Waals surface area contributed by atoms with Crippen LogP contribution in [0.15, 0.2) is 0 Å². The van der Waals surface area contributed by atoms with Gasteiger partial charge < -0.3 is 0 Å². The van der Waals surface area contributed by atoms with Crippen LogP contribution in [0.4, 0.5) is 0 Å². The zero-order valence-electron chi connectivity index (χ0n) is 13.5. The third-order valence-electron chi connectivity index (χ3n) is 3.81. The van der Waals surface area contributed by atoms with Crippen molar-refractivity contribution in [1.29, 1.82) is 0 Å². The maximum absolute atomic E-state index is 2.41. The SMILES string of the molecule is CC.CCC(C)C1CCCCC1.CCCCC. The second-order valence-corrected chi connectivity index (χ2v) is 5.14. The lowest BCUT2D eigenvalue weighted by Crippen LogP contribution is -2.14. The monoisotopic (exact) mass is 242 g/mol. The molecule has 1 rings (SSSR count). The van der Waals surface area contributed by atoms with E-state index >= 15 is 0 Å². The predicted molar refractivity (Wildman–Crippen MR) is 82.6 cm³/mol. The van der Waals surface area contributed by atoms with Crippen molar-refractivity contribution in [2.75, 3.05) is 0 Å². The minimum absolute atomic E-state index is 0.986. The molecule has 0 amide bonds. The average molecular weight is 242 g/mol. The quantitative estimate of drug-likeness (QED) is 0.506. The summed E-state index contributed by atoms with van der Waals surface area (Å²) in [6, 6.07) is 0. The van der Waals surface area contributed by atoms with Gasteiger partial charge in [-0.3, -0.25) is 0 Å². The van der Waals surface area contributed by atoms with Crippen LogP contribution >= 0.6 is 0 Å². The van der Waals surface area contributed by atoms with Crippen molar-refractivity contribution >= 4 is 0 Å². The van der Waals surface area contributed by atoms with E-state index in [0.717, 1.165) is 11.8 Å². The van der Waals surface area contributed by atoms with Crippen LogP contribution in [0.1, 0.15) is 99.3 Å². The van der Waals surface area contributed by atoms with Gasteiger partial charge in [0.25, 0.3) is 0 Å². The predicted octanol–water partition coefficient (Wildman–Crippen LogP) is 6.84. The van der Waals surface area contributed by atoms with E-state index in [-0.39, 0.29) is 0 Å². The van der Waals surface area contributed by atoms with Crippen molar-refractivity contribution in [2.45, 2.75) is 99.3 Å². The molecule has 0 heteroatoms. The van der Waals surface area contributed by atoms with Gasteiger partial charge >= 0.3 is 0 Å². The molecule has 0 aromatic carbocycles. The summed E-state index contributed by atoms with van der Waals surface area (Å²) in [6.07, 6.45) is 13.0. The molecule has 0 radical (unpaired) electrons. The van der Waals surface area contributed by atoms with Crippen LogP contribution in [0.3, 0.4) is 0 Å². The van der Waals surface area contributed by atoms with Gasteiger partial charge in [0, 0.05) is 0 Å². The maximum atomic E-state index is 2.41. The first-order valence-corrected chi connectivity index (χ1v) is 8.26. The van der Waals surface area contributed by atoms with Gasteiger partial charge in [0.1, 0.15) is 0 Å². The summed E-state index contributed by atoms with van der Waals surface area (Å²) in [5.41, 5.74) is 0. The van der Waals surface area contributed by atoms with Crippen LogP contribution in [0.5, 0.6) is 0 Å². The molecular weight excluding hydrogens is 204 g/mol. The van der Waals surface area contributed by atoms with Gasteiger partial charge in [0.05, 0.1) is 0 Å². The minimum atomic E-state index is 0.986. The normalized spacial score (nSPS) is 17.3. The maximum Gasteiger partial charge on any atom is -0.0389 e. The molecule has 1 fully saturated rings. The molecule has 1 saturated carbocycles. The summed E-state index contributed by atoms with van der Waals surface area (Å²) in [5.74, 6) is 2.05. The molecular formula is C17H38. The second-order valence-electron chi connectivity index (χ2n) is 5.14. The Morgan fingerprint density at radius 2 is 1.35 bits per heavy atom. The molecule has 0 saturated heterocycles. The van der Waals surface area contributed by atoms with Crippen molar-refractivity contribution in [2.24, 2.45) is 11.8 Å². The first-order chi connectivity index (χ1) is 8.26. The zero-order valence-corrected chi connectivity index (χ0v) is 13.5. The molecule has 106 valence electrons. The summed E-state index contributed by atoms with van der Waals surface area (Å²) in [7, 11) is 0. The fraction of sp³-hybridized carbons (Fsp3) is 1.00. The fourth-order valence-corrected chi connectivity index (χ4v) is 2.39. The van der Waals surface area contributed by atoms with E-state index in [0.29, 0.717) is 0 Å². The van der Waals surface area contributed by atoms with E-state index in [1.807, 2.05) is 13.8 Å². The molecule has 1 aliphatic carbocycles. The molecule has 0 nitrogen and oxygen atoms in total. The van der Waals surface area contributed by atoms with Gasteiger partial charge in [-0.15, -0.1) is 0 Å². The Kier molecular flexibility index (Phi) is 18.2. The van der Waals surface area contributed by atoms with E-state index in [9.17, 15) is 0 Å². The Bertz CT molecular complexity index is 109. The van der Waals surface area contributed by atoms with Crippen molar-refractivity contribution in [3.63, 3.8) is 0 Å². The van der Waals surface area contributed by atoms with Gasteiger partial charge in [0.2, 0.25) is 0 Å². The highest BCUT2D eigenvalue weighted by Gasteiger charge is 2.17. The molecule has 0 aliphatic heterocycles. The Hall–Kier alpha value is 0. The summed E-state index contributed by atoms with van der Waals surface area (Å²) in [6.45, 7) is 13.2. The summed E-state index contributed by atoms with van der Waals surface area (Å²) >= 11 is 0. The Balaban J connectivity index is 0. The van der Waals surface area contributed by atoms with E-state index < -0.39 is 0 Å². The first-order valence-electron chi connectivity index (χ1n) is 8.26. The number of hydrogen-bond donors (Lipinski definition) is 0. The standard InChI is InChI=1S/C10H20.C5H12.C2H6/c1-3-9(2)10-7-5-4-6-8-10;1-3-5-4-2;1-2/h9-10H,3-8H2,1-2H3;3-5H2,1-2H3;1-2H3. The second kappa shape index (κ2) is 16.0. The molecule has 0 spiro atoms. The van der Waals surface area contributed by atoms with Crippen LogP contribution in [-0.2, 0) is 0 Å². The van der Waals surface area contributed by atoms with Crippen LogP contribution in [0.25, 0.3) is 0 Å². The van der Waals surface area contributed by atoms with Crippen molar-refractivity contribution in [3.05, 3.63) is 0 Å². The van der Waals surface area contributed by atoms with Crippen molar-refractivity contribution in [1.82, 2.24) is 0 Å². The highest BCUT2D eigenvalue weighted by atomic mass is 14.2. The van der Waals surface area contributed by atoms with Gasteiger partial charge in [-0.1, -0.05) is 99.3 Å². The largest absolute Gasteiger partial charge is 0.0683 e. The van der Waals surface area contributed by atoms with Crippen LogP contribution in [0.2, 0.25) is 0 Å². The summed E-state index contributed by atoms with van der Waals surface area (Å²) in [5, 5.41) is 0. The topological polar surface area (TPSA) is 0 Å². The van der Waals surface area contributed by atoms with E-state index in [2.05, 4.69) is 27.7 Å². The van der Waals surface area contributed by atoms with E-state index in [4.69, 9.17) is 0 Å². The van der Waals surface area contributed by atoms with Crippen LogP contribution < -0.4 is 0 Å². The molecule has 0 heterocycles. The molecule has 0 aromatic heterocycles. The average Bonchev–Trinajstić information content (AvgIpc) is 2.43. The van der Waals surface area contributed by atoms with E-state index in [1.54, 1.807) is 0 Å². The van der Waals surface area contributed by atoms with Gasteiger partial charge in [-0.2, -0.15) is 0 Å². The highest BCUT2D eigenvalue weighted by molar-refractivity contribution is 4.69. The molecule has 1 unspecified atom stereocenters.